The van der Waals surface area contributed by atoms with Crippen LogP contribution >= 0.6 is 11.8 Å². The highest BCUT2D eigenvalue weighted by molar-refractivity contribution is 7.99. The molecule has 7 nitrogen and oxygen atoms in total. The van der Waals surface area contributed by atoms with Gasteiger partial charge in [0.1, 0.15) is 5.75 Å². The number of amides is 1. The van der Waals surface area contributed by atoms with Crippen LogP contribution in [0.3, 0.4) is 0 Å². The van der Waals surface area contributed by atoms with E-state index in [2.05, 4.69) is 45.6 Å². The van der Waals surface area contributed by atoms with E-state index in [-0.39, 0.29) is 17.7 Å². The molecule has 180 valence electrons. The summed E-state index contributed by atoms with van der Waals surface area (Å²) in [6.45, 7) is 2.66. The number of para-hydroxylation sites is 3. The van der Waals surface area contributed by atoms with Gasteiger partial charge in [0.2, 0.25) is 5.91 Å². The number of aryl methyl sites for hydroxylation is 1. The molecule has 6 rings (SSSR count). The average Bonchev–Trinajstić information content (AvgIpc) is 3.52. The fourth-order valence-corrected chi connectivity index (χ4v) is 5.44. The van der Waals surface area contributed by atoms with E-state index in [0.717, 1.165) is 51.3 Å². The Labute approximate surface area is 212 Å². The third-order valence-electron chi connectivity index (χ3n) is 6.45. The molecule has 2 aromatic heterocycles. The summed E-state index contributed by atoms with van der Waals surface area (Å²) in [7, 11) is 0. The molecule has 1 amide bonds. The Bertz CT molecular complexity index is 1560. The quantitative estimate of drug-likeness (QED) is 0.306. The summed E-state index contributed by atoms with van der Waals surface area (Å²) < 4.78 is 7.78. The monoisotopic (exact) mass is 495 g/mol. The summed E-state index contributed by atoms with van der Waals surface area (Å²) in [6.07, 6.45) is 2.71. The number of aromatic nitrogens is 4. The maximum absolute atomic E-state index is 13.0. The first kappa shape index (κ1) is 22.4. The molecular weight excluding hydrogens is 470 g/mol. The summed E-state index contributed by atoms with van der Waals surface area (Å²) in [5.41, 5.74) is 5.12. The lowest BCUT2D eigenvalue weighted by Crippen LogP contribution is -2.33. The number of aromatic amines is 1. The van der Waals surface area contributed by atoms with Crippen LogP contribution in [0.2, 0.25) is 0 Å². The van der Waals surface area contributed by atoms with Crippen LogP contribution in [0.5, 0.6) is 5.75 Å². The third-order valence-corrected chi connectivity index (χ3v) is 7.37. The molecule has 0 saturated carbocycles. The molecule has 0 aliphatic carbocycles. The molecular formula is C28H25N5O2S. The van der Waals surface area contributed by atoms with Crippen LogP contribution in [0.4, 0.5) is 0 Å². The zero-order valence-corrected chi connectivity index (χ0v) is 20.6. The molecule has 5 aromatic rings. The Morgan fingerprint density at radius 3 is 2.81 bits per heavy atom. The van der Waals surface area contributed by atoms with Gasteiger partial charge in [0.25, 0.3) is 0 Å². The maximum Gasteiger partial charge on any atom is 0.230 e. The summed E-state index contributed by atoms with van der Waals surface area (Å²) in [5.74, 6) is 1.76. The lowest BCUT2D eigenvalue weighted by Gasteiger charge is -2.26. The maximum atomic E-state index is 13.0. The van der Waals surface area contributed by atoms with Crippen LogP contribution in [0.25, 0.3) is 28.0 Å². The Morgan fingerprint density at radius 1 is 1.08 bits per heavy atom. The fraction of sp³-hybridized carbons (Fsp3) is 0.179. The van der Waals surface area contributed by atoms with E-state index >= 15 is 0 Å². The van der Waals surface area contributed by atoms with Gasteiger partial charge in [0.05, 0.1) is 24.1 Å². The number of thioether (sulfide) groups is 1. The molecule has 0 bridgehead atoms. The SMILES string of the molecule is Cc1ccccc1-n1c(SCC(=O)NC2CCOc3ccccc32)nnc1-c1c[nH]c2ccccc12. The minimum atomic E-state index is -0.0564. The molecule has 3 heterocycles. The van der Waals surface area contributed by atoms with Gasteiger partial charge in [-0.1, -0.05) is 66.4 Å². The van der Waals surface area contributed by atoms with Gasteiger partial charge in [-0.3, -0.25) is 9.36 Å². The molecule has 0 radical (unpaired) electrons. The number of hydrogen-bond acceptors (Lipinski definition) is 5. The molecule has 0 spiro atoms. The zero-order valence-electron chi connectivity index (χ0n) is 19.8. The van der Waals surface area contributed by atoms with E-state index in [4.69, 9.17) is 4.74 Å². The van der Waals surface area contributed by atoms with Crippen molar-refractivity contribution in [2.75, 3.05) is 12.4 Å². The number of benzene rings is 3. The van der Waals surface area contributed by atoms with Crippen LogP contribution in [-0.2, 0) is 4.79 Å². The van der Waals surface area contributed by atoms with Gasteiger partial charge in [-0.05, 0) is 30.7 Å². The highest BCUT2D eigenvalue weighted by atomic mass is 32.2. The molecule has 36 heavy (non-hydrogen) atoms. The van der Waals surface area contributed by atoms with Crippen molar-refractivity contribution in [3.8, 4) is 22.8 Å². The molecule has 1 unspecified atom stereocenters. The topological polar surface area (TPSA) is 84.8 Å². The number of H-pyrrole nitrogens is 1. The number of hydrogen-bond donors (Lipinski definition) is 2. The Kier molecular flexibility index (Phi) is 5.95. The van der Waals surface area contributed by atoms with Gasteiger partial charge in [-0.2, -0.15) is 0 Å². The number of ether oxygens (including phenoxy) is 1. The predicted molar refractivity (Wildman–Crippen MR) is 142 cm³/mol. The van der Waals surface area contributed by atoms with Crippen LogP contribution < -0.4 is 10.1 Å². The second-order valence-electron chi connectivity index (χ2n) is 8.76. The number of nitrogens with zero attached hydrogens (tertiary/aromatic N) is 3. The third kappa shape index (κ3) is 4.13. The number of fused-ring (bicyclic) bond motifs is 2. The summed E-state index contributed by atoms with van der Waals surface area (Å²) in [6, 6.07) is 24.1. The first-order valence-electron chi connectivity index (χ1n) is 11.9. The van der Waals surface area contributed by atoms with Crippen molar-refractivity contribution < 1.29 is 9.53 Å². The van der Waals surface area contributed by atoms with E-state index in [0.29, 0.717) is 11.8 Å². The second kappa shape index (κ2) is 9.54. The van der Waals surface area contributed by atoms with Crippen molar-refractivity contribution in [1.82, 2.24) is 25.1 Å². The molecule has 1 atom stereocenters. The van der Waals surface area contributed by atoms with Crippen LogP contribution in [0.15, 0.2) is 84.1 Å². The Balaban J connectivity index is 1.29. The first-order valence-corrected chi connectivity index (χ1v) is 12.9. The normalized spacial score (nSPS) is 14.9. The van der Waals surface area contributed by atoms with Gasteiger partial charge < -0.3 is 15.0 Å². The van der Waals surface area contributed by atoms with E-state index in [1.54, 1.807) is 0 Å². The number of nitrogens with one attached hydrogen (secondary N) is 2. The molecule has 8 heteroatoms. The molecule has 0 saturated heterocycles. The molecule has 1 aliphatic rings. The van der Waals surface area contributed by atoms with E-state index < -0.39 is 0 Å². The van der Waals surface area contributed by atoms with Gasteiger partial charge >= 0.3 is 0 Å². The summed E-state index contributed by atoms with van der Waals surface area (Å²) in [5, 5.41) is 14.0. The van der Waals surface area contributed by atoms with Gasteiger partial charge in [0, 0.05) is 34.6 Å². The van der Waals surface area contributed by atoms with E-state index in [1.165, 1.54) is 11.8 Å². The van der Waals surface area contributed by atoms with Crippen LogP contribution in [0.1, 0.15) is 23.6 Å². The number of rotatable bonds is 6. The zero-order chi connectivity index (χ0) is 24.5. The minimum absolute atomic E-state index is 0.0466. The molecule has 3 aromatic carbocycles. The number of carbonyl (C=O) groups excluding carboxylic acids is 1. The van der Waals surface area contributed by atoms with Crippen molar-refractivity contribution in [2.45, 2.75) is 24.5 Å². The van der Waals surface area contributed by atoms with Crippen molar-refractivity contribution in [1.29, 1.82) is 0 Å². The standard InChI is InChI=1S/C28H25N5O2S/c1-18-8-2-6-12-24(18)33-27(21-16-29-22-11-5-3-9-19(21)22)31-32-28(33)36-17-26(34)30-23-14-15-35-25-13-7-4-10-20(23)25/h2-13,16,23,29H,14-15,17H2,1H3,(H,30,34). The lowest BCUT2D eigenvalue weighted by molar-refractivity contribution is -0.119. The summed E-state index contributed by atoms with van der Waals surface area (Å²) in [4.78, 5) is 16.3. The van der Waals surface area contributed by atoms with Crippen LogP contribution in [-0.4, -0.2) is 38.0 Å². The predicted octanol–water partition coefficient (Wildman–Crippen LogP) is 5.46. The Hall–Kier alpha value is -4.04. The highest BCUT2D eigenvalue weighted by Crippen LogP contribution is 2.34. The lowest BCUT2D eigenvalue weighted by atomic mass is 10.0. The largest absolute Gasteiger partial charge is 0.493 e. The van der Waals surface area contributed by atoms with Crippen molar-refractivity contribution >= 4 is 28.6 Å². The molecule has 0 fully saturated rings. The smallest absolute Gasteiger partial charge is 0.230 e. The summed E-state index contributed by atoms with van der Waals surface area (Å²) >= 11 is 1.39. The van der Waals surface area contributed by atoms with Gasteiger partial charge in [0.15, 0.2) is 11.0 Å². The fourth-order valence-electron chi connectivity index (χ4n) is 4.68. The van der Waals surface area contributed by atoms with Crippen molar-refractivity contribution in [3.05, 3.63) is 90.1 Å². The van der Waals surface area contributed by atoms with E-state index in [1.807, 2.05) is 65.4 Å². The number of carbonyl (C=O) groups is 1. The van der Waals surface area contributed by atoms with Crippen LogP contribution in [0, 0.1) is 6.92 Å². The second-order valence-corrected chi connectivity index (χ2v) is 9.70. The molecule has 2 N–H and O–H groups in total. The van der Waals surface area contributed by atoms with Crippen molar-refractivity contribution in [3.63, 3.8) is 0 Å². The highest BCUT2D eigenvalue weighted by Gasteiger charge is 2.24. The van der Waals surface area contributed by atoms with Gasteiger partial charge in [-0.25, -0.2) is 0 Å². The van der Waals surface area contributed by atoms with Crippen molar-refractivity contribution in [2.24, 2.45) is 0 Å². The minimum Gasteiger partial charge on any atom is -0.493 e. The van der Waals surface area contributed by atoms with E-state index in [9.17, 15) is 4.79 Å². The molecule has 1 aliphatic heterocycles. The Morgan fingerprint density at radius 2 is 1.89 bits per heavy atom. The average molecular weight is 496 g/mol. The van der Waals surface area contributed by atoms with Gasteiger partial charge in [-0.15, -0.1) is 10.2 Å². The first-order chi connectivity index (χ1) is 17.7.